The van der Waals surface area contributed by atoms with Crippen molar-refractivity contribution in [3.05, 3.63) is 255 Å². The van der Waals surface area contributed by atoms with E-state index < -0.39 is 0 Å². The number of nitrogens with zero attached hydrogens (tertiary/aromatic N) is 2. The zero-order valence-electron chi connectivity index (χ0n) is 34.6. The van der Waals surface area contributed by atoms with Crippen molar-refractivity contribution in [2.75, 3.05) is 9.80 Å². The van der Waals surface area contributed by atoms with Crippen LogP contribution in [-0.4, -0.2) is 0 Å². The molecule has 1 heterocycles. The second-order valence-electron chi connectivity index (χ2n) is 15.7. The number of hydrogen-bond donors (Lipinski definition) is 0. The Morgan fingerprint density at radius 2 is 0.651 bits per heavy atom. The summed E-state index contributed by atoms with van der Waals surface area (Å²) in [4.78, 5) is 4.82. The third-order valence-corrected chi connectivity index (χ3v) is 13.1. The van der Waals surface area contributed by atoms with Gasteiger partial charge in [0.25, 0.3) is 0 Å². The first-order chi connectivity index (χ1) is 31.2. The summed E-state index contributed by atoms with van der Waals surface area (Å²) < 4.78 is 2.55. The van der Waals surface area contributed by atoms with Crippen molar-refractivity contribution < 1.29 is 0 Å². The van der Waals surface area contributed by atoms with Gasteiger partial charge in [0, 0.05) is 43.8 Å². The van der Waals surface area contributed by atoms with Gasteiger partial charge >= 0.3 is 0 Å². The fourth-order valence-electron chi connectivity index (χ4n) is 8.79. The van der Waals surface area contributed by atoms with Crippen LogP contribution in [0.5, 0.6) is 0 Å². The molecule has 0 saturated carbocycles. The lowest BCUT2D eigenvalue weighted by molar-refractivity contribution is 1.28. The zero-order valence-corrected chi connectivity index (χ0v) is 35.4. The van der Waals surface area contributed by atoms with Crippen molar-refractivity contribution in [1.29, 1.82) is 0 Å². The summed E-state index contributed by atoms with van der Waals surface area (Å²) in [6.45, 7) is 0. The van der Waals surface area contributed by atoms with Crippen molar-refractivity contribution in [2.24, 2.45) is 0 Å². The molecule has 2 nitrogen and oxygen atoms in total. The van der Waals surface area contributed by atoms with Gasteiger partial charge in [0.15, 0.2) is 0 Å². The molecule has 0 bridgehead atoms. The molecule has 3 heteroatoms. The molecule has 0 radical (unpaired) electrons. The molecule has 11 aromatic rings. The van der Waals surface area contributed by atoms with Crippen LogP contribution in [-0.2, 0) is 0 Å². The van der Waals surface area contributed by atoms with Gasteiger partial charge in [-0.25, -0.2) is 0 Å². The highest BCUT2D eigenvalue weighted by molar-refractivity contribution is 7.26. The van der Waals surface area contributed by atoms with Gasteiger partial charge in [-0.3, -0.25) is 0 Å². The fourth-order valence-corrected chi connectivity index (χ4v) is 10.00. The third-order valence-electron chi connectivity index (χ3n) is 11.9. The average Bonchev–Trinajstić information content (AvgIpc) is 3.76. The molecular weight excluding hydrogens is 781 g/mol. The van der Waals surface area contributed by atoms with Crippen LogP contribution in [0.2, 0.25) is 0 Å². The number of thiophene rings is 1. The first-order valence-electron chi connectivity index (χ1n) is 21.4. The summed E-state index contributed by atoms with van der Waals surface area (Å²) in [5.74, 6) is 0. The number of rotatable bonds is 10. The highest BCUT2D eigenvalue weighted by Crippen LogP contribution is 2.47. The monoisotopic (exact) mass is 822 g/mol. The topological polar surface area (TPSA) is 6.48 Å². The molecule has 0 aliphatic carbocycles. The quantitative estimate of drug-likeness (QED) is 0.136. The minimum Gasteiger partial charge on any atom is -0.310 e. The van der Waals surface area contributed by atoms with Gasteiger partial charge in [-0.05, 0) is 106 Å². The van der Waals surface area contributed by atoms with Gasteiger partial charge in [-0.1, -0.05) is 188 Å². The molecule has 1 aromatic heterocycles. The van der Waals surface area contributed by atoms with E-state index in [0.29, 0.717) is 0 Å². The summed E-state index contributed by atoms with van der Waals surface area (Å²) in [5, 5.41) is 2.56. The highest BCUT2D eigenvalue weighted by Gasteiger charge is 2.21. The van der Waals surface area contributed by atoms with Crippen molar-refractivity contribution >= 4 is 65.6 Å². The maximum absolute atomic E-state index is 2.43. The smallest absolute Gasteiger partial charge is 0.0640 e. The number of benzene rings is 10. The van der Waals surface area contributed by atoms with E-state index in [1.807, 2.05) is 11.3 Å². The van der Waals surface area contributed by atoms with Crippen LogP contribution in [0.3, 0.4) is 0 Å². The van der Waals surface area contributed by atoms with Crippen molar-refractivity contribution in [3.8, 4) is 44.5 Å². The normalized spacial score (nSPS) is 11.2. The van der Waals surface area contributed by atoms with Crippen LogP contribution in [0.25, 0.3) is 64.7 Å². The van der Waals surface area contributed by atoms with Crippen molar-refractivity contribution in [2.45, 2.75) is 0 Å². The molecule has 0 amide bonds. The Morgan fingerprint density at radius 3 is 1.21 bits per heavy atom. The Morgan fingerprint density at radius 1 is 0.254 bits per heavy atom. The Labute approximate surface area is 372 Å². The fraction of sp³-hybridized carbons (Fsp3) is 0. The summed E-state index contributed by atoms with van der Waals surface area (Å²) in [7, 11) is 0. The molecule has 0 aliphatic heterocycles. The highest BCUT2D eigenvalue weighted by atomic mass is 32.1. The Bertz CT molecular complexity index is 3220. The maximum Gasteiger partial charge on any atom is 0.0640 e. The molecule has 0 saturated heterocycles. The van der Waals surface area contributed by atoms with E-state index in [9.17, 15) is 0 Å². The number of fused-ring (bicyclic) bond motifs is 3. The summed E-state index contributed by atoms with van der Waals surface area (Å²) in [6, 6.07) is 92.0. The van der Waals surface area contributed by atoms with E-state index >= 15 is 0 Å². The van der Waals surface area contributed by atoms with E-state index in [-0.39, 0.29) is 0 Å². The van der Waals surface area contributed by atoms with Crippen molar-refractivity contribution in [1.82, 2.24) is 0 Å². The largest absolute Gasteiger partial charge is 0.310 e. The number of hydrogen-bond acceptors (Lipinski definition) is 3. The Balaban J connectivity index is 1.05. The van der Waals surface area contributed by atoms with Crippen LogP contribution in [0, 0.1) is 0 Å². The van der Waals surface area contributed by atoms with E-state index in [1.54, 1.807) is 0 Å². The lowest BCUT2D eigenvalue weighted by Crippen LogP contribution is -2.12. The molecule has 298 valence electrons. The molecule has 63 heavy (non-hydrogen) atoms. The average molecular weight is 823 g/mol. The minimum atomic E-state index is 1.09. The van der Waals surface area contributed by atoms with Gasteiger partial charge in [0.1, 0.15) is 0 Å². The molecule has 0 spiro atoms. The summed E-state index contributed by atoms with van der Waals surface area (Å²) >= 11 is 1.86. The molecular formula is C60H42N2S. The molecule has 0 aliphatic rings. The lowest BCUT2D eigenvalue weighted by Gasteiger charge is -2.29. The zero-order chi connectivity index (χ0) is 42.0. The SMILES string of the molecule is c1ccc(-c2ccc(N(c3ccc(-c4ccccc4)cc3)c3ccccc3-c3cccc(N(c4ccc(-c5ccccc5)cc4)c4cccc5c4sc4ccccc45)c3)cc2)cc1. The molecule has 0 fully saturated rings. The Hall–Kier alpha value is -7.98. The molecule has 0 N–H and O–H groups in total. The van der Waals surface area contributed by atoms with E-state index in [4.69, 9.17) is 0 Å². The maximum atomic E-state index is 2.43. The molecule has 0 unspecified atom stereocenters. The molecule has 10 aromatic carbocycles. The standard InChI is InChI=1S/C60H42N2S/c1-4-16-43(17-5-1)46-30-36-50(37-31-46)61(51-38-32-47(33-39-51)44-18-6-2-7-19-44)57-27-12-10-24-54(57)49-22-14-23-53(42-49)62(52-40-34-48(35-41-52)45-20-8-3-9-21-45)58-28-15-26-56-55-25-11-13-29-59(55)63-60(56)58/h1-42H. The number of para-hydroxylation sites is 1. The first kappa shape index (κ1) is 38.0. The van der Waals surface area contributed by atoms with E-state index in [0.717, 1.165) is 45.3 Å². The summed E-state index contributed by atoms with van der Waals surface area (Å²) in [5.41, 5.74) is 16.0. The first-order valence-corrected chi connectivity index (χ1v) is 22.2. The van der Waals surface area contributed by atoms with Crippen molar-refractivity contribution in [3.63, 3.8) is 0 Å². The Kier molecular flexibility index (Phi) is 10.1. The second kappa shape index (κ2) is 16.8. The van der Waals surface area contributed by atoms with E-state index in [2.05, 4.69) is 265 Å². The second-order valence-corrected chi connectivity index (χ2v) is 16.8. The predicted octanol–water partition coefficient (Wildman–Crippen LogP) is 17.7. The van der Waals surface area contributed by atoms with Gasteiger partial charge in [-0.15, -0.1) is 11.3 Å². The molecule has 11 rings (SSSR count). The third kappa shape index (κ3) is 7.46. The van der Waals surface area contributed by atoms with Gasteiger partial charge in [-0.2, -0.15) is 0 Å². The van der Waals surface area contributed by atoms with Crippen LogP contribution in [0.15, 0.2) is 255 Å². The van der Waals surface area contributed by atoms with Gasteiger partial charge in [0.2, 0.25) is 0 Å². The van der Waals surface area contributed by atoms with Gasteiger partial charge in [0.05, 0.1) is 16.1 Å². The van der Waals surface area contributed by atoms with Crippen LogP contribution < -0.4 is 9.80 Å². The molecule has 0 atom stereocenters. The van der Waals surface area contributed by atoms with Gasteiger partial charge < -0.3 is 9.80 Å². The summed E-state index contributed by atoms with van der Waals surface area (Å²) in [6.07, 6.45) is 0. The van der Waals surface area contributed by atoms with E-state index in [1.165, 1.54) is 53.6 Å². The number of anilines is 6. The predicted molar refractivity (Wildman–Crippen MR) is 270 cm³/mol. The van der Waals surface area contributed by atoms with Crippen LogP contribution in [0.4, 0.5) is 34.1 Å². The lowest BCUT2D eigenvalue weighted by atomic mass is 9.99. The van der Waals surface area contributed by atoms with Crippen LogP contribution in [0.1, 0.15) is 0 Å². The van der Waals surface area contributed by atoms with Crippen LogP contribution >= 0.6 is 11.3 Å². The minimum absolute atomic E-state index is 1.09.